The van der Waals surface area contributed by atoms with Gasteiger partial charge in [0.05, 0.1) is 18.7 Å². The molecule has 23 heavy (non-hydrogen) atoms. The van der Waals surface area contributed by atoms with Gasteiger partial charge in [-0.25, -0.2) is 4.79 Å². The molecule has 0 aliphatic carbocycles. The summed E-state index contributed by atoms with van der Waals surface area (Å²) < 4.78 is 4.72. The molecule has 0 aromatic heterocycles. The van der Waals surface area contributed by atoms with Crippen LogP contribution < -0.4 is 10.6 Å². The number of hydrogen-bond donors (Lipinski definition) is 2. The molecule has 1 fully saturated rings. The van der Waals surface area contributed by atoms with E-state index in [-0.39, 0.29) is 18.7 Å². The fourth-order valence-electron chi connectivity index (χ4n) is 2.45. The summed E-state index contributed by atoms with van der Waals surface area (Å²) in [7, 11) is 1.23. The Morgan fingerprint density at radius 3 is 2.83 bits per heavy atom. The summed E-state index contributed by atoms with van der Waals surface area (Å²) in [6.07, 6.45) is 0.828. The first-order valence-electron chi connectivity index (χ1n) is 7.20. The highest BCUT2D eigenvalue weighted by atomic mass is 16.5. The molecule has 0 bridgehead atoms. The SMILES string of the molecule is COC(=O)[C@@H](Cc1ccccc1C#N)NC(=O)[C@H]1CCC(=O)N1. The van der Waals surface area contributed by atoms with Crippen LogP contribution in [0.4, 0.5) is 0 Å². The third-order valence-corrected chi connectivity index (χ3v) is 3.68. The molecule has 2 N–H and O–H groups in total. The molecule has 1 aromatic rings. The topological polar surface area (TPSA) is 108 Å². The Bertz CT molecular complexity index is 666. The monoisotopic (exact) mass is 315 g/mol. The van der Waals surface area contributed by atoms with Gasteiger partial charge in [-0.3, -0.25) is 9.59 Å². The normalized spacial score (nSPS) is 17.7. The molecule has 0 radical (unpaired) electrons. The van der Waals surface area contributed by atoms with E-state index in [1.54, 1.807) is 24.3 Å². The van der Waals surface area contributed by atoms with E-state index in [4.69, 9.17) is 10.00 Å². The average Bonchev–Trinajstić information content (AvgIpc) is 3.00. The van der Waals surface area contributed by atoms with E-state index in [9.17, 15) is 14.4 Å². The molecule has 1 heterocycles. The van der Waals surface area contributed by atoms with Crippen LogP contribution in [0, 0.1) is 11.3 Å². The predicted molar refractivity (Wildman–Crippen MR) is 80.0 cm³/mol. The molecule has 2 atom stereocenters. The first-order valence-corrected chi connectivity index (χ1v) is 7.20. The van der Waals surface area contributed by atoms with Gasteiger partial charge in [-0.2, -0.15) is 5.26 Å². The van der Waals surface area contributed by atoms with Crippen LogP contribution in [0.2, 0.25) is 0 Å². The van der Waals surface area contributed by atoms with Crippen LogP contribution in [0.3, 0.4) is 0 Å². The summed E-state index contributed by atoms with van der Waals surface area (Å²) in [6.45, 7) is 0. The first-order chi connectivity index (χ1) is 11.0. The fourth-order valence-corrected chi connectivity index (χ4v) is 2.45. The van der Waals surface area contributed by atoms with Crippen LogP contribution in [-0.2, 0) is 25.5 Å². The van der Waals surface area contributed by atoms with Gasteiger partial charge in [-0.1, -0.05) is 18.2 Å². The lowest BCUT2D eigenvalue weighted by atomic mass is 10.0. The third-order valence-electron chi connectivity index (χ3n) is 3.68. The van der Waals surface area contributed by atoms with Crippen molar-refractivity contribution < 1.29 is 19.1 Å². The van der Waals surface area contributed by atoms with Gasteiger partial charge >= 0.3 is 5.97 Å². The van der Waals surface area contributed by atoms with E-state index in [0.717, 1.165) is 0 Å². The standard InChI is InChI=1S/C16H17N3O4/c1-23-16(22)13(8-10-4-2-3-5-11(10)9-17)19-15(21)12-6-7-14(20)18-12/h2-5,12-13H,6-8H2,1H3,(H,18,20)(H,19,21)/t12-,13-/m1/s1. The van der Waals surface area contributed by atoms with Crippen LogP contribution >= 0.6 is 0 Å². The summed E-state index contributed by atoms with van der Waals surface area (Å²) in [5.74, 6) is -1.22. The summed E-state index contributed by atoms with van der Waals surface area (Å²) in [6, 6.07) is 7.33. The van der Waals surface area contributed by atoms with Crippen molar-refractivity contribution in [2.24, 2.45) is 0 Å². The minimum absolute atomic E-state index is 0.142. The molecular formula is C16H17N3O4. The van der Waals surface area contributed by atoms with Crippen LogP contribution in [0.15, 0.2) is 24.3 Å². The average molecular weight is 315 g/mol. The smallest absolute Gasteiger partial charge is 0.328 e. The van der Waals surface area contributed by atoms with Gasteiger partial charge in [0.1, 0.15) is 12.1 Å². The number of esters is 1. The quantitative estimate of drug-likeness (QED) is 0.746. The van der Waals surface area contributed by atoms with Crippen molar-refractivity contribution >= 4 is 17.8 Å². The third kappa shape index (κ3) is 4.07. The Morgan fingerprint density at radius 2 is 2.22 bits per heavy atom. The summed E-state index contributed by atoms with van der Waals surface area (Å²) in [4.78, 5) is 35.3. The molecule has 7 heteroatoms. The molecule has 7 nitrogen and oxygen atoms in total. The highest BCUT2D eigenvalue weighted by molar-refractivity contribution is 5.93. The van der Waals surface area contributed by atoms with Crippen molar-refractivity contribution in [3.05, 3.63) is 35.4 Å². The van der Waals surface area contributed by atoms with E-state index in [2.05, 4.69) is 16.7 Å². The van der Waals surface area contributed by atoms with Crippen molar-refractivity contribution in [3.8, 4) is 6.07 Å². The number of carbonyl (C=O) groups is 3. The zero-order valence-electron chi connectivity index (χ0n) is 12.7. The lowest BCUT2D eigenvalue weighted by Crippen LogP contribution is -2.50. The Balaban J connectivity index is 2.11. The maximum atomic E-state index is 12.2. The maximum Gasteiger partial charge on any atom is 0.328 e. The second-order valence-electron chi connectivity index (χ2n) is 5.22. The van der Waals surface area contributed by atoms with Crippen molar-refractivity contribution in [1.82, 2.24) is 10.6 Å². The molecule has 2 amide bonds. The second-order valence-corrected chi connectivity index (χ2v) is 5.22. The van der Waals surface area contributed by atoms with Crippen LogP contribution in [-0.4, -0.2) is 37.0 Å². The molecule has 0 unspecified atom stereocenters. The Morgan fingerprint density at radius 1 is 1.48 bits per heavy atom. The zero-order chi connectivity index (χ0) is 16.8. The lowest BCUT2D eigenvalue weighted by Gasteiger charge is -2.19. The summed E-state index contributed by atoms with van der Waals surface area (Å²) in [5.41, 5.74) is 1.07. The number of nitriles is 1. The zero-order valence-corrected chi connectivity index (χ0v) is 12.7. The number of rotatable bonds is 5. The van der Waals surface area contributed by atoms with E-state index in [1.807, 2.05) is 0 Å². The van der Waals surface area contributed by atoms with Gasteiger partial charge in [0.15, 0.2) is 0 Å². The highest BCUT2D eigenvalue weighted by Gasteiger charge is 2.31. The fraction of sp³-hybridized carbons (Fsp3) is 0.375. The molecule has 0 saturated carbocycles. The van der Waals surface area contributed by atoms with Gasteiger partial charge in [-0.05, 0) is 18.1 Å². The van der Waals surface area contributed by atoms with Crippen LogP contribution in [0.5, 0.6) is 0 Å². The highest BCUT2D eigenvalue weighted by Crippen LogP contribution is 2.12. The first kappa shape index (κ1) is 16.5. The number of carbonyl (C=O) groups excluding carboxylic acids is 3. The molecule has 1 aromatic carbocycles. The van der Waals surface area contributed by atoms with Gasteiger partial charge < -0.3 is 15.4 Å². The molecule has 2 rings (SSSR count). The predicted octanol–water partition coefficient (Wildman–Crippen LogP) is 0.0372. The molecule has 0 spiro atoms. The van der Waals surface area contributed by atoms with Crippen LogP contribution in [0.25, 0.3) is 0 Å². The molecule has 1 aliphatic heterocycles. The molecule has 1 aliphatic rings. The number of nitrogens with one attached hydrogen (secondary N) is 2. The largest absolute Gasteiger partial charge is 0.467 e. The molecular weight excluding hydrogens is 298 g/mol. The van der Waals surface area contributed by atoms with Crippen molar-refractivity contribution in [3.63, 3.8) is 0 Å². The van der Waals surface area contributed by atoms with Crippen LogP contribution in [0.1, 0.15) is 24.0 Å². The van der Waals surface area contributed by atoms with E-state index in [1.165, 1.54) is 7.11 Å². The van der Waals surface area contributed by atoms with E-state index in [0.29, 0.717) is 17.5 Å². The number of methoxy groups -OCH3 is 1. The summed E-state index contributed by atoms with van der Waals surface area (Å²) >= 11 is 0. The number of nitrogens with zero attached hydrogens (tertiary/aromatic N) is 1. The van der Waals surface area contributed by atoms with Crippen molar-refractivity contribution in [2.75, 3.05) is 7.11 Å². The number of hydrogen-bond acceptors (Lipinski definition) is 5. The Labute approximate surface area is 133 Å². The van der Waals surface area contributed by atoms with Gasteiger partial charge in [0, 0.05) is 12.8 Å². The van der Waals surface area contributed by atoms with E-state index < -0.39 is 24.0 Å². The van der Waals surface area contributed by atoms with Gasteiger partial charge in [-0.15, -0.1) is 0 Å². The van der Waals surface area contributed by atoms with Gasteiger partial charge in [0.25, 0.3) is 0 Å². The number of ether oxygens (including phenoxy) is 1. The Hall–Kier alpha value is -2.88. The number of benzene rings is 1. The number of amides is 2. The van der Waals surface area contributed by atoms with Gasteiger partial charge in [0.2, 0.25) is 11.8 Å². The second kappa shape index (κ2) is 7.40. The minimum atomic E-state index is -0.917. The maximum absolute atomic E-state index is 12.2. The minimum Gasteiger partial charge on any atom is -0.467 e. The van der Waals surface area contributed by atoms with Crippen molar-refractivity contribution in [1.29, 1.82) is 5.26 Å². The molecule has 120 valence electrons. The summed E-state index contributed by atoms with van der Waals surface area (Å²) in [5, 5.41) is 14.2. The lowest BCUT2D eigenvalue weighted by molar-refractivity contribution is -0.145. The molecule has 1 saturated heterocycles. The van der Waals surface area contributed by atoms with E-state index >= 15 is 0 Å². The Kier molecular flexibility index (Phi) is 5.31. The van der Waals surface area contributed by atoms with Crippen molar-refractivity contribution in [2.45, 2.75) is 31.3 Å².